The number of benzene rings is 2. The number of amides is 1. The number of esters is 1. The number of ether oxygens (including phenoxy) is 1. The number of aromatic nitrogens is 2. The molecule has 0 bridgehead atoms. The van der Waals surface area contributed by atoms with Crippen molar-refractivity contribution in [2.24, 2.45) is 0 Å². The van der Waals surface area contributed by atoms with E-state index in [1.54, 1.807) is 48.9 Å². The Morgan fingerprint density at radius 2 is 1.78 bits per heavy atom. The molecule has 0 saturated carbocycles. The molecule has 0 spiro atoms. The highest BCUT2D eigenvalue weighted by Gasteiger charge is 2.18. The number of carbonyl (C=O) groups excluding carboxylic acids is 2. The van der Waals surface area contributed by atoms with E-state index >= 15 is 0 Å². The standard InChI is InChI=1S/C20H18FN3O3/c1-12-16(20(26)27-3)5-4-6-18(12)23-19(25)17-11-22-24(13(17)2)15-9-7-14(21)8-10-15/h4-11H,1-3H3,(H,23,25). The van der Waals surface area contributed by atoms with Gasteiger partial charge in [-0.05, 0) is 55.8 Å². The Labute approximate surface area is 155 Å². The van der Waals surface area contributed by atoms with Gasteiger partial charge in [-0.2, -0.15) is 5.10 Å². The molecule has 3 rings (SSSR count). The first-order chi connectivity index (χ1) is 12.9. The van der Waals surface area contributed by atoms with Crippen LogP contribution in [0.5, 0.6) is 0 Å². The van der Waals surface area contributed by atoms with Gasteiger partial charge in [-0.3, -0.25) is 4.79 Å². The number of methoxy groups -OCH3 is 1. The van der Waals surface area contributed by atoms with Crippen LogP contribution in [-0.4, -0.2) is 28.8 Å². The molecule has 6 nitrogen and oxygen atoms in total. The van der Waals surface area contributed by atoms with Crippen molar-refractivity contribution in [2.75, 3.05) is 12.4 Å². The van der Waals surface area contributed by atoms with Crippen LogP contribution in [0.4, 0.5) is 10.1 Å². The molecule has 138 valence electrons. The van der Waals surface area contributed by atoms with Gasteiger partial charge in [0.25, 0.3) is 5.91 Å². The minimum Gasteiger partial charge on any atom is -0.465 e. The minimum absolute atomic E-state index is 0.345. The third-order valence-electron chi connectivity index (χ3n) is 4.31. The predicted octanol–water partition coefficient (Wildman–Crippen LogP) is 3.67. The maximum Gasteiger partial charge on any atom is 0.338 e. The lowest BCUT2D eigenvalue weighted by Crippen LogP contribution is -2.15. The molecule has 2 aromatic carbocycles. The van der Waals surface area contributed by atoms with E-state index in [9.17, 15) is 14.0 Å². The summed E-state index contributed by atoms with van der Waals surface area (Å²) < 4.78 is 19.4. The van der Waals surface area contributed by atoms with Crippen molar-refractivity contribution < 1.29 is 18.7 Å². The third-order valence-corrected chi connectivity index (χ3v) is 4.31. The van der Waals surface area contributed by atoms with E-state index in [2.05, 4.69) is 10.4 Å². The summed E-state index contributed by atoms with van der Waals surface area (Å²) in [5.74, 6) is -1.17. The van der Waals surface area contributed by atoms with E-state index in [4.69, 9.17) is 4.74 Å². The molecule has 0 aliphatic heterocycles. The second-order valence-corrected chi connectivity index (χ2v) is 5.96. The Hall–Kier alpha value is -3.48. The number of halogens is 1. The zero-order chi connectivity index (χ0) is 19.6. The number of nitrogens with one attached hydrogen (secondary N) is 1. The molecule has 0 aliphatic carbocycles. The molecule has 27 heavy (non-hydrogen) atoms. The number of anilines is 1. The average molecular weight is 367 g/mol. The van der Waals surface area contributed by atoms with Crippen LogP contribution >= 0.6 is 0 Å². The molecular weight excluding hydrogens is 349 g/mol. The van der Waals surface area contributed by atoms with Crippen LogP contribution in [0.3, 0.4) is 0 Å². The summed E-state index contributed by atoms with van der Waals surface area (Å²) in [6.45, 7) is 3.49. The topological polar surface area (TPSA) is 73.2 Å². The summed E-state index contributed by atoms with van der Waals surface area (Å²) in [5.41, 5.74) is 3.15. The summed E-state index contributed by atoms with van der Waals surface area (Å²) >= 11 is 0. The van der Waals surface area contributed by atoms with Gasteiger partial charge in [0.2, 0.25) is 0 Å². The SMILES string of the molecule is COC(=O)c1cccc(NC(=O)c2cnn(-c3ccc(F)cc3)c2C)c1C. The molecule has 0 radical (unpaired) electrons. The second-order valence-electron chi connectivity index (χ2n) is 5.96. The van der Waals surface area contributed by atoms with Gasteiger partial charge in [0.05, 0.1) is 35.8 Å². The van der Waals surface area contributed by atoms with E-state index in [1.165, 1.54) is 25.4 Å². The largest absolute Gasteiger partial charge is 0.465 e. The lowest BCUT2D eigenvalue weighted by Gasteiger charge is -2.11. The number of carbonyl (C=O) groups is 2. The molecule has 7 heteroatoms. The number of hydrogen-bond acceptors (Lipinski definition) is 4. The van der Waals surface area contributed by atoms with E-state index in [1.807, 2.05) is 0 Å². The zero-order valence-corrected chi connectivity index (χ0v) is 15.1. The van der Waals surface area contributed by atoms with Crippen LogP contribution < -0.4 is 5.32 Å². The first-order valence-electron chi connectivity index (χ1n) is 8.22. The van der Waals surface area contributed by atoms with Gasteiger partial charge in [-0.25, -0.2) is 13.9 Å². The molecular formula is C20H18FN3O3. The van der Waals surface area contributed by atoms with Crippen molar-refractivity contribution in [1.29, 1.82) is 0 Å². The van der Waals surface area contributed by atoms with E-state index < -0.39 is 5.97 Å². The molecule has 1 amide bonds. The molecule has 0 atom stereocenters. The van der Waals surface area contributed by atoms with Gasteiger partial charge >= 0.3 is 5.97 Å². The summed E-state index contributed by atoms with van der Waals surface area (Å²) in [7, 11) is 1.31. The first-order valence-corrected chi connectivity index (χ1v) is 8.22. The Kier molecular flexibility index (Phi) is 5.03. The van der Waals surface area contributed by atoms with Crippen LogP contribution in [0.15, 0.2) is 48.7 Å². The van der Waals surface area contributed by atoms with Crippen molar-refractivity contribution in [3.05, 3.63) is 76.9 Å². The highest BCUT2D eigenvalue weighted by Crippen LogP contribution is 2.22. The molecule has 0 aliphatic rings. The Morgan fingerprint density at radius 3 is 2.44 bits per heavy atom. The smallest absolute Gasteiger partial charge is 0.338 e. The molecule has 3 aromatic rings. The van der Waals surface area contributed by atoms with Crippen LogP contribution in [0.25, 0.3) is 5.69 Å². The fraction of sp³-hybridized carbons (Fsp3) is 0.150. The Morgan fingerprint density at radius 1 is 1.07 bits per heavy atom. The summed E-state index contributed by atoms with van der Waals surface area (Å²) in [6.07, 6.45) is 1.45. The maximum absolute atomic E-state index is 13.1. The summed E-state index contributed by atoms with van der Waals surface area (Å²) in [4.78, 5) is 24.5. The molecule has 1 aromatic heterocycles. The van der Waals surface area contributed by atoms with Crippen molar-refractivity contribution in [1.82, 2.24) is 9.78 Å². The van der Waals surface area contributed by atoms with Gasteiger partial charge in [-0.1, -0.05) is 6.07 Å². The van der Waals surface area contributed by atoms with E-state index in [0.717, 1.165) is 0 Å². The predicted molar refractivity (Wildman–Crippen MR) is 98.7 cm³/mol. The highest BCUT2D eigenvalue weighted by atomic mass is 19.1. The molecule has 0 unspecified atom stereocenters. The fourth-order valence-electron chi connectivity index (χ4n) is 2.77. The first kappa shape index (κ1) is 18.3. The van der Waals surface area contributed by atoms with Crippen LogP contribution in [0, 0.1) is 19.7 Å². The second kappa shape index (κ2) is 7.41. The quantitative estimate of drug-likeness (QED) is 0.714. The monoisotopic (exact) mass is 367 g/mol. The van der Waals surface area contributed by atoms with Gasteiger partial charge in [0, 0.05) is 5.69 Å². The van der Waals surface area contributed by atoms with E-state index in [0.29, 0.717) is 33.8 Å². The van der Waals surface area contributed by atoms with Crippen molar-refractivity contribution >= 4 is 17.6 Å². The molecule has 1 heterocycles. The van der Waals surface area contributed by atoms with Gasteiger partial charge in [0.15, 0.2) is 0 Å². The van der Waals surface area contributed by atoms with Crippen LogP contribution in [-0.2, 0) is 4.74 Å². The van der Waals surface area contributed by atoms with E-state index in [-0.39, 0.29) is 11.7 Å². The maximum atomic E-state index is 13.1. The fourth-order valence-corrected chi connectivity index (χ4v) is 2.77. The van der Waals surface area contributed by atoms with Gasteiger partial charge in [-0.15, -0.1) is 0 Å². The number of rotatable bonds is 4. The lowest BCUT2D eigenvalue weighted by molar-refractivity contribution is 0.0599. The van der Waals surface area contributed by atoms with Crippen LogP contribution in [0.2, 0.25) is 0 Å². The van der Waals surface area contributed by atoms with Crippen molar-refractivity contribution in [2.45, 2.75) is 13.8 Å². The summed E-state index contributed by atoms with van der Waals surface area (Å²) in [6, 6.07) is 10.8. The summed E-state index contributed by atoms with van der Waals surface area (Å²) in [5, 5.41) is 7.02. The zero-order valence-electron chi connectivity index (χ0n) is 15.1. The van der Waals surface area contributed by atoms with Crippen molar-refractivity contribution in [3.63, 3.8) is 0 Å². The highest BCUT2D eigenvalue weighted by molar-refractivity contribution is 6.06. The third kappa shape index (κ3) is 3.57. The molecule has 0 fully saturated rings. The average Bonchev–Trinajstić information content (AvgIpc) is 3.05. The lowest BCUT2D eigenvalue weighted by atomic mass is 10.1. The van der Waals surface area contributed by atoms with Gasteiger partial charge < -0.3 is 10.1 Å². The van der Waals surface area contributed by atoms with Gasteiger partial charge in [0.1, 0.15) is 5.82 Å². The Balaban J connectivity index is 1.88. The Bertz CT molecular complexity index is 1010. The molecule has 1 N–H and O–H groups in total. The number of hydrogen-bond donors (Lipinski definition) is 1. The van der Waals surface area contributed by atoms with Crippen LogP contribution in [0.1, 0.15) is 32.0 Å². The normalized spacial score (nSPS) is 10.5. The van der Waals surface area contributed by atoms with Crippen molar-refractivity contribution in [3.8, 4) is 5.69 Å². The molecule has 0 saturated heterocycles. The minimum atomic E-state index is -0.469. The number of nitrogens with zero attached hydrogens (tertiary/aromatic N) is 2.